The zero-order valence-electron chi connectivity index (χ0n) is 19.5. The van der Waals surface area contributed by atoms with E-state index in [1.807, 2.05) is 30.3 Å². The fraction of sp³-hybridized carbons (Fsp3) is 0.318. The summed E-state index contributed by atoms with van der Waals surface area (Å²) in [7, 11) is 0. The van der Waals surface area contributed by atoms with Crippen LogP contribution in [0.1, 0.15) is 30.0 Å². The van der Waals surface area contributed by atoms with E-state index in [2.05, 4.69) is 23.0 Å². The molecule has 0 aliphatic carbocycles. The number of rotatable bonds is 8. The average Bonchev–Trinajstić information content (AvgIpc) is 3.37. The topological polar surface area (TPSA) is 178 Å². The van der Waals surface area contributed by atoms with Gasteiger partial charge in [-0.3, -0.25) is 4.79 Å². The van der Waals surface area contributed by atoms with Crippen molar-refractivity contribution in [2.45, 2.75) is 33.7 Å². The maximum absolute atomic E-state index is 11.5. The maximum Gasteiger partial charge on any atom is 0.519 e. The molecular weight excluding hydrogens is 502 g/mol. The minimum absolute atomic E-state index is 0. The first-order chi connectivity index (χ1) is 17.2. The van der Waals surface area contributed by atoms with Crippen LogP contribution in [0.25, 0.3) is 0 Å². The lowest BCUT2D eigenvalue weighted by Gasteiger charge is -2.07. The van der Waals surface area contributed by atoms with Crippen LogP contribution in [0, 0.1) is 13.8 Å². The van der Waals surface area contributed by atoms with Gasteiger partial charge in [0.2, 0.25) is 0 Å². The molecule has 0 saturated heterocycles. The van der Waals surface area contributed by atoms with E-state index < -0.39 is 29.0 Å². The van der Waals surface area contributed by atoms with Crippen molar-refractivity contribution in [2.24, 2.45) is 0 Å². The monoisotopic (exact) mass is 527 g/mol. The lowest BCUT2D eigenvalue weighted by molar-refractivity contribution is -0.143. The van der Waals surface area contributed by atoms with E-state index in [-0.39, 0.29) is 45.1 Å². The molecule has 14 heteroatoms. The van der Waals surface area contributed by atoms with Gasteiger partial charge in [-0.1, -0.05) is 30.3 Å². The number of hydrogen-bond acceptors (Lipinski definition) is 13. The summed E-state index contributed by atoms with van der Waals surface area (Å²) in [5.41, 5.74) is 0.842. The van der Waals surface area contributed by atoms with E-state index in [0.29, 0.717) is 5.76 Å². The minimum Gasteiger partial charge on any atom is -0.460 e. The molecule has 3 aromatic rings. The lowest BCUT2D eigenvalue weighted by Crippen LogP contribution is -2.31. The molecule has 0 spiro atoms. The molecule has 2 aromatic heterocycles. The summed E-state index contributed by atoms with van der Waals surface area (Å²) in [5, 5.41) is 1.80. The number of carbonyl (C=O) groups is 3. The summed E-state index contributed by atoms with van der Waals surface area (Å²) in [6.07, 6.45) is 0.755. The third kappa shape index (κ3) is 9.97. The Morgan fingerprint density at radius 3 is 1.89 bits per heavy atom. The molecule has 0 fully saturated rings. The van der Waals surface area contributed by atoms with Crippen molar-refractivity contribution in [1.82, 2.24) is 5.32 Å². The molecule has 0 saturated carbocycles. The normalized spacial score (nSPS) is 10.1. The summed E-state index contributed by atoms with van der Waals surface area (Å²) in [6, 6.07) is 9.14. The smallest absolute Gasteiger partial charge is 0.460 e. The number of esters is 1. The van der Waals surface area contributed by atoms with Crippen LogP contribution < -0.4 is 17.0 Å². The number of amides is 1. The molecule has 1 N–H and O–H groups in total. The van der Waals surface area contributed by atoms with Crippen LogP contribution >= 0.6 is 11.8 Å². The molecule has 13 nitrogen and oxygen atoms in total. The number of alkyl carbamates (subject to hydrolysis) is 1. The molecule has 0 aliphatic rings. The number of benzene rings is 1. The second-order valence-corrected chi connectivity index (χ2v) is 7.43. The highest BCUT2D eigenvalue weighted by molar-refractivity contribution is 8.12. The molecule has 3 rings (SSSR count). The molecule has 2 heterocycles. The molecule has 196 valence electrons. The van der Waals surface area contributed by atoms with E-state index in [9.17, 15) is 24.0 Å². The van der Waals surface area contributed by atoms with Crippen LogP contribution in [0.5, 0.6) is 0 Å². The van der Waals surface area contributed by atoms with Gasteiger partial charge in [0.1, 0.15) is 13.2 Å². The molecular formula is C22H25NO12S. The van der Waals surface area contributed by atoms with Crippen LogP contribution in [0.4, 0.5) is 9.59 Å². The third-order valence-electron chi connectivity index (χ3n) is 4.11. The predicted molar refractivity (Wildman–Crippen MR) is 124 cm³/mol. The van der Waals surface area contributed by atoms with Gasteiger partial charge in [-0.25, -0.2) is 19.2 Å². The lowest BCUT2D eigenvalue weighted by atomic mass is 10.2. The summed E-state index contributed by atoms with van der Waals surface area (Å²) < 4.78 is 32.9. The van der Waals surface area contributed by atoms with Gasteiger partial charge in [0.15, 0.2) is 36.3 Å². The van der Waals surface area contributed by atoms with Crippen molar-refractivity contribution < 1.29 is 47.7 Å². The molecule has 0 unspecified atom stereocenters. The van der Waals surface area contributed by atoms with Crippen LogP contribution in [-0.2, 0) is 38.8 Å². The van der Waals surface area contributed by atoms with Crippen molar-refractivity contribution in [1.29, 1.82) is 0 Å². The van der Waals surface area contributed by atoms with Gasteiger partial charge in [-0.05, 0) is 37.4 Å². The highest BCUT2D eigenvalue weighted by Crippen LogP contribution is 2.09. The molecule has 1 aromatic carbocycles. The molecule has 0 radical (unpaired) electrons. The number of thioether (sulfide) groups is 1. The fourth-order valence-corrected chi connectivity index (χ4v) is 2.49. The highest BCUT2D eigenvalue weighted by atomic mass is 32.2. The largest absolute Gasteiger partial charge is 0.519 e. The second-order valence-electron chi connectivity index (χ2n) is 6.69. The van der Waals surface area contributed by atoms with Crippen LogP contribution in [0.3, 0.4) is 0 Å². The first-order valence-corrected chi connectivity index (χ1v) is 11.4. The van der Waals surface area contributed by atoms with Gasteiger partial charge in [-0.15, -0.1) is 0 Å². The number of nitrogens with one attached hydrogen (secondary N) is 1. The molecule has 0 bridgehead atoms. The maximum atomic E-state index is 11.5. The Balaban J connectivity index is 0.000000417. The van der Waals surface area contributed by atoms with Gasteiger partial charge >= 0.3 is 29.0 Å². The molecule has 36 heavy (non-hydrogen) atoms. The van der Waals surface area contributed by atoms with E-state index in [4.69, 9.17) is 14.2 Å². The van der Waals surface area contributed by atoms with Crippen LogP contribution in [-0.4, -0.2) is 30.2 Å². The Morgan fingerprint density at radius 1 is 0.833 bits per heavy atom. The standard InChI is InChI=1S/C15H15NO7.C7H8O5S.H2/c1-10-12(23-15(19)22-10)9-21-14(18)16-7-13(17)20-8-11-5-3-2-4-6-11;1-4-5(12-6(8)11-4)3-10-7(9)13-2;/h2-6H,7-9H2,1H3,(H,16,18);3H2,1-2H3;1H. The first kappa shape index (κ1) is 28.0. The van der Waals surface area contributed by atoms with Gasteiger partial charge in [-0.2, -0.15) is 0 Å². The van der Waals surface area contributed by atoms with E-state index in [1.165, 1.54) is 6.92 Å². The van der Waals surface area contributed by atoms with E-state index in [0.717, 1.165) is 17.3 Å². The van der Waals surface area contributed by atoms with Crippen molar-refractivity contribution >= 4 is 29.1 Å². The van der Waals surface area contributed by atoms with E-state index in [1.54, 1.807) is 13.2 Å². The Kier molecular flexibility index (Phi) is 11.1. The summed E-state index contributed by atoms with van der Waals surface area (Å²) in [6.45, 7) is 2.51. The molecule has 0 atom stereocenters. The minimum atomic E-state index is -0.869. The van der Waals surface area contributed by atoms with Crippen molar-refractivity contribution in [3.63, 3.8) is 0 Å². The Morgan fingerprint density at radius 2 is 1.39 bits per heavy atom. The Bertz CT molecular complexity index is 1260. The number of hydrogen-bond donors (Lipinski definition) is 1. The summed E-state index contributed by atoms with van der Waals surface area (Å²) >= 11 is 0.945. The Labute approximate surface area is 209 Å². The number of carbonyl (C=O) groups excluding carboxylic acids is 3. The van der Waals surface area contributed by atoms with Crippen LogP contribution in [0.15, 0.2) is 57.6 Å². The Hall–Kier alpha value is -4.20. The summed E-state index contributed by atoms with van der Waals surface area (Å²) in [4.78, 5) is 55.0. The average molecular weight is 528 g/mol. The predicted octanol–water partition coefficient (Wildman–Crippen LogP) is 3.30. The van der Waals surface area contributed by atoms with Gasteiger partial charge in [0.05, 0.1) is 0 Å². The summed E-state index contributed by atoms with van der Waals surface area (Å²) in [5.74, 6) is -1.34. The molecule has 0 aliphatic heterocycles. The second kappa shape index (κ2) is 14.3. The SMILES string of the molecule is CSC(=O)OCc1oc(=O)oc1C.Cc1oc(=O)oc1COC(=O)NCC(=O)OCc1ccccc1.[HH]. The van der Waals surface area contributed by atoms with Gasteiger partial charge in [0.25, 0.3) is 0 Å². The number of aryl methyl sites for hydroxylation is 2. The first-order valence-electron chi connectivity index (χ1n) is 10.2. The molecule has 1 amide bonds. The third-order valence-corrected chi connectivity index (χ3v) is 4.56. The van der Waals surface area contributed by atoms with Gasteiger partial charge in [0, 0.05) is 1.43 Å². The van der Waals surface area contributed by atoms with Crippen molar-refractivity contribution in [3.05, 3.63) is 80.2 Å². The van der Waals surface area contributed by atoms with Crippen molar-refractivity contribution in [2.75, 3.05) is 12.8 Å². The zero-order chi connectivity index (χ0) is 26.5. The number of ether oxygens (including phenoxy) is 3. The van der Waals surface area contributed by atoms with Crippen molar-refractivity contribution in [3.8, 4) is 0 Å². The highest BCUT2D eigenvalue weighted by Gasteiger charge is 2.13. The quantitative estimate of drug-likeness (QED) is 0.333. The fourth-order valence-electron chi connectivity index (χ4n) is 2.31. The zero-order valence-corrected chi connectivity index (χ0v) is 20.3. The van der Waals surface area contributed by atoms with Crippen LogP contribution in [0.2, 0.25) is 0 Å². The van der Waals surface area contributed by atoms with Gasteiger partial charge < -0.3 is 37.2 Å². The van der Waals surface area contributed by atoms with E-state index >= 15 is 0 Å².